The number of benzene rings is 3. The standard InChI is InChI=1S/C26H30N2O3S/c1-5-21-9-13-23(14-10-21)20(3)27-26(29)24-15-11-22(12-16-24)18-28(32(4,30)31)25-8-6-7-19(2)17-25/h6-17,20H,5,18H2,1-4H3,(H,27,29)/t20-/m1/s1. The first kappa shape index (κ1) is 23.5. The van der Waals surface area contributed by atoms with Gasteiger partial charge in [0, 0.05) is 5.56 Å². The SMILES string of the molecule is CCc1ccc([C@@H](C)NC(=O)c2ccc(CN(c3cccc(C)c3)S(C)(=O)=O)cc2)cc1. The van der Waals surface area contributed by atoms with Crippen LogP contribution in [0.4, 0.5) is 5.69 Å². The van der Waals surface area contributed by atoms with Crippen LogP contribution >= 0.6 is 0 Å². The van der Waals surface area contributed by atoms with Gasteiger partial charge >= 0.3 is 0 Å². The lowest BCUT2D eigenvalue weighted by atomic mass is 10.0. The van der Waals surface area contributed by atoms with Crippen molar-refractivity contribution in [2.45, 2.75) is 39.8 Å². The molecule has 168 valence electrons. The Kier molecular flexibility index (Phi) is 7.36. The van der Waals surface area contributed by atoms with Crippen molar-refractivity contribution in [1.29, 1.82) is 0 Å². The molecule has 0 bridgehead atoms. The van der Waals surface area contributed by atoms with Gasteiger partial charge in [0.15, 0.2) is 0 Å². The molecule has 32 heavy (non-hydrogen) atoms. The van der Waals surface area contributed by atoms with Crippen molar-refractivity contribution in [3.8, 4) is 0 Å². The molecular weight excluding hydrogens is 420 g/mol. The maximum absolute atomic E-state index is 12.7. The van der Waals surface area contributed by atoms with Gasteiger partial charge in [0.2, 0.25) is 10.0 Å². The summed E-state index contributed by atoms with van der Waals surface area (Å²) < 4.78 is 26.1. The highest BCUT2D eigenvalue weighted by Crippen LogP contribution is 2.22. The third-order valence-electron chi connectivity index (χ3n) is 5.47. The summed E-state index contributed by atoms with van der Waals surface area (Å²) in [5.41, 5.74) is 5.26. The number of nitrogens with one attached hydrogen (secondary N) is 1. The molecule has 6 heteroatoms. The van der Waals surface area contributed by atoms with Crippen molar-refractivity contribution in [3.05, 3.63) is 101 Å². The van der Waals surface area contributed by atoms with E-state index in [1.807, 2.05) is 44.2 Å². The van der Waals surface area contributed by atoms with Crippen LogP contribution in [0.1, 0.15) is 52.5 Å². The Bertz CT molecular complexity index is 1170. The van der Waals surface area contributed by atoms with E-state index in [0.717, 1.165) is 23.1 Å². The molecule has 1 N–H and O–H groups in total. The second kappa shape index (κ2) is 10.0. The molecule has 0 fully saturated rings. The minimum atomic E-state index is -3.46. The summed E-state index contributed by atoms with van der Waals surface area (Å²) in [5.74, 6) is -0.165. The van der Waals surface area contributed by atoms with E-state index in [9.17, 15) is 13.2 Å². The van der Waals surface area contributed by atoms with E-state index in [2.05, 4.69) is 24.4 Å². The van der Waals surface area contributed by atoms with E-state index in [-0.39, 0.29) is 18.5 Å². The lowest BCUT2D eigenvalue weighted by Crippen LogP contribution is -2.29. The number of nitrogens with zero attached hydrogens (tertiary/aromatic N) is 1. The first-order valence-corrected chi connectivity index (χ1v) is 12.5. The molecular formula is C26H30N2O3S. The average Bonchev–Trinajstić information content (AvgIpc) is 2.77. The lowest BCUT2D eigenvalue weighted by Gasteiger charge is -2.23. The van der Waals surface area contributed by atoms with Gasteiger partial charge in [-0.25, -0.2) is 8.42 Å². The summed E-state index contributed by atoms with van der Waals surface area (Å²) in [7, 11) is -3.46. The van der Waals surface area contributed by atoms with Crippen molar-refractivity contribution in [3.63, 3.8) is 0 Å². The summed E-state index contributed by atoms with van der Waals surface area (Å²) >= 11 is 0. The van der Waals surface area contributed by atoms with E-state index in [4.69, 9.17) is 0 Å². The van der Waals surface area contributed by atoms with Crippen LogP contribution in [0.5, 0.6) is 0 Å². The molecule has 3 aromatic carbocycles. The van der Waals surface area contributed by atoms with Gasteiger partial charge in [-0.05, 0) is 66.8 Å². The molecule has 3 rings (SSSR count). The minimum absolute atomic E-state index is 0.116. The van der Waals surface area contributed by atoms with E-state index in [1.54, 1.807) is 30.3 Å². The lowest BCUT2D eigenvalue weighted by molar-refractivity contribution is 0.0940. The van der Waals surface area contributed by atoms with Crippen molar-refractivity contribution in [1.82, 2.24) is 5.32 Å². The quantitative estimate of drug-likeness (QED) is 0.524. The Labute approximate surface area is 191 Å². The van der Waals surface area contributed by atoms with Crippen molar-refractivity contribution in [2.24, 2.45) is 0 Å². The van der Waals surface area contributed by atoms with Gasteiger partial charge in [-0.15, -0.1) is 0 Å². The van der Waals surface area contributed by atoms with Crippen LogP contribution < -0.4 is 9.62 Å². The smallest absolute Gasteiger partial charge is 0.251 e. The molecule has 0 radical (unpaired) electrons. The number of carbonyl (C=O) groups is 1. The molecule has 5 nitrogen and oxygen atoms in total. The Morgan fingerprint density at radius 3 is 2.16 bits per heavy atom. The Hall–Kier alpha value is -3.12. The topological polar surface area (TPSA) is 66.5 Å². The van der Waals surface area contributed by atoms with Crippen LogP contribution in [0.15, 0.2) is 72.8 Å². The summed E-state index contributed by atoms with van der Waals surface area (Å²) in [6, 6.07) is 22.6. The number of carbonyl (C=O) groups excluding carboxylic acids is 1. The number of hydrogen-bond donors (Lipinski definition) is 1. The zero-order chi connectivity index (χ0) is 23.3. The monoisotopic (exact) mass is 450 g/mol. The molecule has 0 heterocycles. The third-order valence-corrected chi connectivity index (χ3v) is 6.61. The molecule has 0 aliphatic carbocycles. The number of aryl methyl sites for hydroxylation is 2. The number of sulfonamides is 1. The molecule has 1 amide bonds. The fourth-order valence-electron chi connectivity index (χ4n) is 3.52. The van der Waals surface area contributed by atoms with Crippen LogP contribution in [0.3, 0.4) is 0 Å². The highest BCUT2D eigenvalue weighted by Gasteiger charge is 2.18. The molecule has 0 unspecified atom stereocenters. The second-order valence-electron chi connectivity index (χ2n) is 8.10. The van der Waals surface area contributed by atoms with E-state index >= 15 is 0 Å². The van der Waals surface area contributed by atoms with Gasteiger partial charge in [0.25, 0.3) is 5.91 Å². The van der Waals surface area contributed by atoms with E-state index < -0.39 is 10.0 Å². The van der Waals surface area contributed by atoms with Crippen LogP contribution in [-0.4, -0.2) is 20.6 Å². The van der Waals surface area contributed by atoms with Gasteiger partial charge in [0.1, 0.15) is 0 Å². The van der Waals surface area contributed by atoms with Crippen molar-refractivity contribution >= 4 is 21.6 Å². The van der Waals surface area contributed by atoms with Crippen LogP contribution in [0, 0.1) is 6.92 Å². The van der Waals surface area contributed by atoms with E-state index in [1.165, 1.54) is 16.1 Å². The molecule has 0 spiro atoms. The van der Waals surface area contributed by atoms with Crippen LogP contribution in [0.2, 0.25) is 0 Å². The fraction of sp³-hybridized carbons (Fsp3) is 0.269. The zero-order valence-corrected chi connectivity index (χ0v) is 19.8. The molecule has 0 saturated carbocycles. The van der Waals surface area contributed by atoms with Gasteiger partial charge in [-0.1, -0.05) is 55.5 Å². The first-order chi connectivity index (χ1) is 15.2. The van der Waals surface area contributed by atoms with Crippen molar-refractivity contribution in [2.75, 3.05) is 10.6 Å². The predicted octanol–water partition coefficient (Wildman–Crippen LogP) is 5.01. The number of rotatable bonds is 8. The van der Waals surface area contributed by atoms with Gasteiger partial charge in [-0.2, -0.15) is 0 Å². The van der Waals surface area contributed by atoms with E-state index in [0.29, 0.717) is 11.3 Å². The Morgan fingerprint density at radius 1 is 0.969 bits per heavy atom. The molecule has 0 aliphatic rings. The van der Waals surface area contributed by atoms with Crippen molar-refractivity contribution < 1.29 is 13.2 Å². The third kappa shape index (κ3) is 5.98. The largest absolute Gasteiger partial charge is 0.346 e. The second-order valence-corrected chi connectivity index (χ2v) is 10.0. The van der Waals surface area contributed by atoms with Gasteiger partial charge in [-0.3, -0.25) is 9.10 Å². The predicted molar refractivity (Wildman–Crippen MR) is 130 cm³/mol. The highest BCUT2D eigenvalue weighted by atomic mass is 32.2. The van der Waals surface area contributed by atoms with Gasteiger partial charge in [0.05, 0.1) is 24.5 Å². The molecule has 1 atom stereocenters. The number of anilines is 1. The van der Waals surface area contributed by atoms with Gasteiger partial charge < -0.3 is 5.32 Å². The highest BCUT2D eigenvalue weighted by molar-refractivity contribution is 7.92. The summed E-state index contributed by atoms with van der Waals surface area (Å²) in [4.78, 5) is 12.7. The molecule has 0 aliphatic heterocycles. The summed E-state index contributed by atoms with van der Waals surface area (Å²) in [5, 5.41) is 3.02. The van der Waals surface area contributed by atoms with Crippen LogP contribution in [0.25, 0.3) is 0 Å². The number of hydrogen-bond acceptors (Lipinski definition) is 3. The zero-order valence-electron chi connectivity index (χ0n) is 19.0. The summed E-state index contributed by atoms with van der Waals surface area (Å²) in [6.45, 7) is 6.19. The Balaban J connectivity index is 1.71. The maximum atomic E-state index is 12.7. The van der Waals surface area contributed by atoms with Crippen LogP contribution in [-0.2, 0) is 23.0 Å². The fourth-order valence-corrected chi connectivity index (χ4v) is 4.40. The molecule has 3 aromatic rings. The number of amides is 1. The first-order valence-electron chi connectivity index (χ1n) is 10.7. The molecule has 0 saturated heterocycles. The molecule has 0 aromatic heterocycles. The maximum Gasteiger partial charge on any atom is 0.251 e. The minimum Gasteiger partial charge on any atom is -0.346 e. The average molecular weight is 451 g/mol. The normalized spacial score (nSPS) is 12.2. The summed E-state index contributed by atoms with van der Waals surface area (Å²) in [6.07, 6.45) is 2.18. The Morgan fingerprint density at radius 2 is 1.59 bits per heavy atom.